The molecule has 6 heteroatoms. The van der Waals surface area contributed by atoms with Gasteiger partial charge in [0.1, 0.15) is 5.00 Å². The molecule has 0 atom stereocenters. The summed E-state index contributed by atoms with van der Waals surface area (Å²) in [4.78, 5) is 26.0. The molecule has 1 aromatic carbocycles. The molecule has 0 aliphatic heterocycles. The van der Waals surface area contributed by atoms with Crippen LogP contribution in [0.1, 0.15) is 52.0 Å². The number of ether oxygens (including phenoxy) is 1. The summed E-state index contributed by atoms with van der Waals surface area (Å²) in [6.45, 7) is 0. The van der Waals surface area contributed by atoms with Gasteiger partial charge in [-0.2, -0.15) is 0 Å². The lowest BCUT2D eigenvalue weighted by molar-refractivity contribution is -0.111. The van der Waals surface area contributed by atoms with E-state index in [0.717, 1.165) is 41.3 Å². The number of nitrogens with one attached hydrogen (secondary N) is 1. The Morgan fingerprint density at radius 3 is 2.52 bits per heavy atom. The van der Waals surface area contributed by atoms with Gasteiger partial charge in [0.05, 0.1) is 12.7 Å². The SMILES string of the molecule is COC(=O)c1c(NC(=O)C=Cc2ccc(Br)cc2)sc2c1CCCCCC2. The van der Waals surface area contributed by atoms with Crippen molar-refractivity contribution >= 4 is 50.2 Å². The predicted octanol–water partition coefficient (Wildman–Crippen LogP) is 5.61. The maximum Gasteiger partial charge on any atom is 0.341 e. The molecule has 1 aliphatic carbocycles. The number of rotatable bonds is 4. The number of aryl methyl sites for hydroxylation is 1. The van der Waals surface area contributed by atoms with E-state index in [0.29, 0.717) is 10.6 Å². The Balaban J connectivity index is 1.82. The highest BCUT2D eigenvalue weighted by Gasteiger charge is 2.25. The Labute approximate surface area is 171 Å². The van der Waals surface area contributed by atoms with Gasteiger partial charge in [-0.25, -0.2) is 4.79 Å². The Morgan fingerprint density at radius 2 is 1.81 bits per heavy atom. The van der Waals surface area contributed by atoms with E-state index in [1.54, 1.807) is 6.08 Å². The summed E-state index contributed by atoms with van der Waals surface area (Å²) in [7, 11) is 1.38. The van der Waals surface area contributed by atoms with Crippen molar-refractivity contribution in [3.8, 4) is 0 Å². The highest BCUT2D eigenvalue weighted by atomic mass is 79.9. The number of hydrogen-bond acceptors (Lipinski definition) is 4. The van der Waals surface area contributed by atoms with Crippen molar-refractivity contribution < 1.29 is 14.3 Å². The third-order valence-corrected chi connectivity index (χ3v) is 6.33. The van der Waals surface area contributed by atoms with Crippen molar-refractivity contribution in [2.45, 2.75) is 38.5 Å². The number of methoxy groups -OCH3 is 1. The van der Waals surface area contributed by atoms with E-state index in [4.69, 9.17) is 4.74 Å². The molecule has 0 radical (unpaired) electrons. The zero-order chi connectivity index (χ0) is 19.2. The van der Waals surface area contributed by atoms with Gasteiger partial charge in [0.2, 0.25) is 5.91 Å². The van der Waals surface area contributed by atoms with Gasteiger partial charge in [-0.15, -0.1) is 11.3 Å². The summed E-state index contributed by atoms with van der Waals surface area (Å²) in [6.07, 6.45) is 9.62. The van der Waals surface area contributed by atoms with Gasteiger partial charge in [-0.3, -0.25) is 4.79 Å². The van der Waals surface area contributed by atoms with E-state index in [1.165, 1.54) is 42.2 Å². The molecule has 1 amide bonds. The molecule has 0 unspecified atom stereocenters. The van der Waals surface area contributed by atoms with Crippen LogP contribution in [0.25, 0.3) is 6.08 Å². The minimum absolute atomic E-state index is 0.253. The molecule has 2 aromatic rings. The van der Waals surface area contributed by atoms with Crippen molar-refractivity contribution in [1.82, 2.24) is 0 Å². The summed E-state index contributed by atoms with van der Waals surface area (Å²) in [5, 5.41) is 3.48. The van der Waals surface area contributed by atoms with Gasteiger partial charge < -0.3 is 10.1 Å². The van der Waals surface area contributed by atoms with E-state index < -0.39 is 0 Å². The average Bonchev–Trinajstić information content (AvgIpc) is 2.96. The number of halogens is 1. The molecule has 142 valence electrons. The van der Waals surface area contributed by atoms with Crippen molar-refractivity contribution in [2.75, 3.05) is 12.4 Å². The smallest absolute Gasteiger partial charge is 0.341 e. The predicted molar refractivity (Wildman–Crippen MR) is 113 cm³/mol. The standard InChI is InChI=1S/C21H22BrNO3S/c1-26-21(25)19-16-6-4-2-3-5-7-17(16)27-20(19)23-18(24)13-10-14-8-11-15(22)12-9-14/h8-13H,2-7H2,1H3,(H,23,24). The summed E-state index contributed by atoms with van der Waals surface area (Å²) >= 11 is 4.90. The first-order valence-corrected chi connectivity index (χ1v) is 10.7. The second-order valence-electron chi connectivity index (χ2n) is 6.49. The van der Waals surface area contributed by atoms with Crippen molar-refractivity contribution in [2.24, 2.45) is 0 Å². The number of hydrogen-bond donors (Lipinski definition) is 1. The van der Waals surface area contributed by atoms with E-state index >= 15 is 0 Å². The Bertz CT molecular complexity index is 855. The van der Waals surface area contributed by atoms with Crippen LogP contribution < -0.4 is 5.32 Å². The Morgan fingerprint density at radius 1 is 1.11 bits per heavy atom. The molecule has 1 aromatic heterocycles. The highest BCUT2D eigenvalue weighted by Crippen LogP contribution is 2.37. The molecular weight excluding hydrogens is 426 g/mol. The first-order chi connectivity index (χ1) is 13.1. The molecule has 1 aliphatic rings. The lowest BCUT2D eigenvalue weighted by Gasteiger charge is -2.10. The minimum Gasteiger partial charge on any atom is -0.465 e. The number of carbonyl (C=O) groups is 2. The van der Waals surface area contributed by atoms with E-state index in [2.05, 4.69) is 21.2 Å². The van der Waals surface area contributed by atoms with Crippen LogP contribution >= 0.6 is 27.3 Å². The monoisotopic (exact) mass is 447 g/mol. The van der Waals surface area contributed by atoms with Gasteiger partial charge >= 0.3 is 5.97 Å². The lowest BCUT2D eigenvalue weighted by Crippen LogP contribution is -2.12. The van der Waals surface area contributed by atoms with Crippen LogP contribution in [0.3, 0.4) is 0 Å². The van der Waals surface area contributed by atoms with Crippen LogP contribution in [0, 0.1) is 0 Å². The van der Waals surface area contributed by atoms with Gasteiger partial charge in [0.25, 0.3) is 0 Å². The molecule has 3 rings (SSSR count). The molecule has 1 N–H and O–H groups in total. The zero-order valence-corrected chi connectivity index (χ0v) is 17.6. The molecule has 27 heavy (non-hydrogen) atoms. The van der Waals surface area contributed by atoms with Crippen LogP contribution in [0.5, 0.6) is 0 Å². The number of fused-ring (bicyclic) bond motifs is 1. The summed E-state index contributed by atoms with van der Waals surface area (Å²) in [5.41, 5.74) is 2.52. The molecule has 0 saturated carbocycles. The summed E-state index contributed by atoms with van der Waals surface area (Å²) in [6, 6.07) is 7.69. The fraction of sp³-hybridized carbons (Fsp3) is 0.333. The van der Waals surface area contributed by atoms with Crippen LogP contribution in [-0.4, -0.2) is 19.0 Å². The first kappa shape index (κ1) is 19.8. The maximum absolute atomic E-state index is 12.4. The average molecular weight is 448 g/mol. The fourth-order valence-corrected chi connectivity index (χ4v) is 4.77. The molecule has 0 fully saturated rings. The molecule has 0 saturated heterocycles. The normalized spacial score (nSPS) is 14.3. The topological polar surface area (TPSA) is 55.4 Å². The number of benzene rings is 1. The van der Waals surface area contributed by atoms with Crippen molar-refractivity contribution in [3.63, 3.8) is 0 Å². The van der Waals surface area contributed by atoms with Gasteiger partial charge in [-0.05, 0) is 55.0 Å². The van der Waals surface area contributed by atoms with Crippen LogP contribution in [0.4, 0.5) is 5.00 Å². The maximum atomic E-state index is 12.4. The molecule has 1 heterocycles. The van der Waals surface area contributed by atoms with E-state index in [1.807, 2.05) is 24.3 Å². The van der Waals surface area contributed by atoms with Crippen molar-refractivity contribution in [1.29, 1.82) is 0 Å². The van der Waals surface area contributed by atoms with Gasteiger partial charge in [0.15, 0.2) is 0 Å². The highest BCUT2D eigenvalue weighted by molar-refractivity contribution is 9.10. The number of anilines is 1. The largest absolute Gasteiger partial charge is 0.465 e. The third-order valence-electron chi connectivity index (χ3n) is 4.59. The number of esters is 1. The fourth-order valence-electron chi connectivity index (χ4n) is 3.22. The Hall–Kier alpha value is -1.92. The Kier molecular flexibility index (Phi) is 6.85. The van der Waals surface area contributed by atoms with Gasteiger partial charge in [-0.1, -0.05) is 40.9 Å². The molecular formula is C21H22BrNO3S. The molecule has 4 nitrogen and oxygen atoms in total. The summed E-state index contributed by atoms with van der Waals surface area (Å²) in [5.74, 6) is -0.627. The first-order valence-electron chi connectivity index (χ1n) is 9.06. The second kappa shape index (κ2) is 9.33. The van der Waals surface area contributed by atoms with Gasteiger partial charge in [0, 0.05) is 15.4 Å². The third kappa shape index (κ3) is 5.08. The molecule has 0 spiro atoms. The van der Waals surface area contributed by atoms with Crippen LogP contribution in [-0.2, 0) is 22.4 Å². The van der Waals surface area contributed by atoms with Crippen LogP contribution in [0.2, 0.25) is 0 Å². The minimum atomic E-state index is -0.375. The van der Waals surface area contributed by atoms with Crippen LogP contribution in [0.15, 0.2) is 34.8 Å². The van der Waals surface area contributed by atoms with E-state index in [-0.39, 0.29) is 11.9 Å². The summed E-state index contributed by atoms with van der Waals surface area (Å²) < 4.78 is 5.98. The number of carbonyl (C=O) groups excluding carboxylic acids is 2. The quantitative estimate of drug-likeness (QED) is 0.489. The number of thiophene rings is 1. The second-order valence-corrected chi connectivity index (χ2v) is 8.51. The van der Waals surface area contributed by atoms with E-state index in [9.17, 15) is 9.59 Å². The molecule has 0 bridgehead atoms. The van der Waals surface area contributed by atoms with Crippen molar-refractivity contribution in [3.05, 3.63) is 56.4 Å². The lowest BCUT2D eigenvalue weighted by atomic mass is 9.96. The zero-order valence-electron chi connectivity index (χ0n) is 15.2. The number of amides is 1.